The molecular formula is C54H72O8. The molecule has 8 heteroatoms. The third kappa shape index (κ3) is 11.9. The highest BCUT2D eigenvalue weighted by atomic mass is 16.5. The molecule has 2 N–H and O–H groups in total. The standard InChI is InChI=1S/C54H72O8/c1-51(2,3)41-23-33-19-37-27-43(53(7,8)9)29-39(49(37)61-17-15-59-13)21-35-25-42(52(4,5)6)26-36(46(35)32-48(57)58)22-40-30-44(54(10,11)12)28-38(50(40)62-18-16-60-14)20-34(24-41)45(33)31-47(55)56/h23-30H,15-22,31-32H2,1-14H3,(H,55,56)(H,57,58). The van der Waals surface area contributed by atoms with Gasteiger partial charge in [0.1, 0.15) is 24.7 Å². The molecule has 336 valence electrons. The molecular weight excluding hydrogens is 777 g/mol. The lowest BCUT2D eigenvalue weighted by atomic mass is 9.77. The Balaban J connectivity index is 2.04. The van der Waals surface area contributed by atoms with E-state index in [0.29, 0.717) is 52.1 Å². The molecule has 0 saturated carbocycles. The van der Waals surface area contributed by atoms with Crippen molar-refractivity contribution >= 4 is 11.9 Å². The van der Waals surface area contributed by atoms with E-state index < -0.39 is 11.9 Å². The zero-order chi connectivity index (χ0) is 45.9. The van der Waals surface area contributed by atoms with Crippen LogP contribution in [-0.2, 0) is 79.2 Å². The quantitative estimate of drug-likeness (QED) is 0.119. The Morgan fingerprint density at radius 2 is 0.645 bits per heavy atom. The summed E-state index contributed by atoms with van der Waals surface area (Å²) >= 11 is 0. The number of carboxylic acid groups (broad SMARTS) is 2. The Hall–Kier alpha value is -4.66. The molecule has 0 amide bonds. The lowest BCUT2D eigenvalue weighted by Crippen LogP contribution is -2.19. The molecule has 0 atom stereocenters. The highest BCUT2D eigenvalue weighted by Crippen LogP contribution is 2.42. The molecule has 4 aromatic carbocycles. The molecule has 0 radical (unpaired) electrons. The number of carboxylic acids is 2. The zero-order valence-corrected chi connectivity index (χ0v) is 40.0. The van der Waals surface area contributed by atoms with Gasteiger partial charge in [0.25, 0.3) is 0 Å². The van der Waals surface area contributed by atoms with E-state index in [-0.39, 0.29) is 34.5 Å². The lowest BCUT2D eigenvalue weighted by molar-refractivity contribution is -0.137. The van der Waals surface area contributed by atoms with Gasteiger partial charge in [0, 0.05) is 39.9 Å². The minimum Gasteiger partial charge on any atom is -0.491 e. The molecule has 62 heavy (non-hydrogen) atoms. The first-order valence-corrected chi connectivity index (χ1v) is 22.1. The number of aliphatic carboxylic acids is 2. The first-order chi connectivity index (χ1) is 28.8. The van der Waals surface area contributed by atoms with Gasteiger partial charge in [-0.2, -0.15) is 0 Å². The van der Waals surface area contributed by atoms with E-state index in [1.54, 1.807) is 14.2 Å². The van der Waals surface area contributed by atoms with Gasteiger partial charge in [0.2, 0.25) is 0 Å². The second-order valence-corrected chi connectivity index (χ2v) is 21.3. The number of rotatable bonds is 12. The normalized spacial score (nSPS) is 13.5. The third-order valence-corrected chi connectivity index (χ3v) is 12.1. The molecule has 0 unspecified atom stereocenters. The van der Waals surface area contributed by atoms with E-state index in [1.165, 1.54) is 0 Å². The smallest absolute Gasteiger partial charge is 0.307 e. The Bertz CT molecular complexity index is 2010. The first kappa shape index (κ1) is 48.4. The first-order valence-electron chi connectivity index (χ1n) is 22.1. The van der Waals surface area contributed by atoms with Crippen LogP contribution in [0.15, 0.2) is 48.5 Å². The summed E-state index contributed by atoms with van der Waals surface area (Å²) in [5, 5.41) is 21.2. The molecule has 1 aliphatic rings. The Kier molecular flexibility index (Phi) is 14.8. The van der Waals surface area contributed by atoms with E-state index in [2.05, 4.69) is 132 Å². The molecule has 8 bridgehead atoms. The largest absolute Gasteiger partial charge is 0.491 e. The molecule has 0 fully saturated rings. The molecule has 0 heterocycles. The van der Waals surface area contributed by atoms with Gasteiger partial charge in [0.15, 0.2) is 0 Å². The summed E-state index contributed by atoms with van der Waals surface area (Å²) in [4.78, 5) is 25.9. The summed E-state index contributed by atoms with van der Waals surface area (Å²) in [7, 11) is 3.31. The predicted molar refractivity (Wildman–Crippen MR) is 249 cm³/mol. The maximum absolute atomic E-state index is 12.9. The average molecular weight is 849 g/mol. The number of benzene rings is 4. The van der Waals surface area contributed by atoms with E-state index in [0.717, 1.165) is 89.4 Å². The topological polar surface area (TPSA) is 112 Å². The second kappa shape index (κ2) is 19.0. The minimum atomic E-state index is -0.897. The Labute approximate surface area is 371 Å². The number of fused-ring (bicyclic) bond motifs is 8. The maximum atomic E-state index is 12.9. The van der Waals surface area contributed by atoms with Gasteiger partial charge >= 0.3 is 11.9 Å². The van der Waals surface area contributed by atoms with Crippen LogP contribution in [0.1, 0.15) is 161 Å². The van der Waals surface area contributed by atoms with Crippen molar-refractivity contribution in [2.75, 3.05) is 40.6 Å². The van der Waals surface area contributed by atoms with Crippen LogP contribution in [0.3, 0.4) is 0 Å². The van der Waals surface area contributed by atoms with Crippen LogP contribution in [-0.4, -0.2) is 62.8 Å². The van der Waals surface area contributed by atoms with Crippen LogP contribution >= 0.6 is 0 Å². The second-order valence-electron chi connectivity index (χ2n) is 21.3. The monoisotopic (exact) mass is 849 g/mol. The number of hydrogen-bond acceptors (Lipinski definition) is 6. The highest BCUT2D eigenvalue weighted by Gasteiger charge is 2.29. The van der Waals surface area contributed by atoms with Crippen molar-refractivity contribution in [3.8, 4) is 11.5 Å². The van der Waals surface area contributed by atoms with Crippen molar-refractivity contribution in [2.45, 2.75) is 143 Å². The Morgan fingerprint density at radius 3 is 0.839 bits per heavy atom. The van der Waals surface area contributed by atoms with Crippen molar-refractivity contribution in [1.82, 2.24) is 0 Å². The van der Waals surface area contributed by atoms with Gasteiger partial charge in [-0.05, 0) is 99.5 Å². The molecule has 8 nitrogen and oxygen atoms in total. The Morgan fingerprint density at radius 1 is 0.419 bits per heavy atom. The van der Waals surface area contributed by atoms with Gasteiger partial charge in [-0.15, -0.1) is 0 Å². The summed E-state index contributed by atoms with van der Waals surface area (Å²) in [6, 6.07) is 17.7. The maximum Gasteiger partial charge on any atom is 0.307 e. The van der Waals surface area contributed by atoms with E-state index in [1.807, 2.05) is 0 Å². The van der Waals surface area contributed by atoms with Crippen LogP contribution in [0, 0.1) is 0 Å². The predicted octanol–water partition coefficient (Wildman–Crippen LogP) is 10.9. The van der Waals surface area contributed by atoms with Crippen molar-refractivity contribution < 1.29 is 38.7 Å². The van der Waals surface area contributed by atoms with Crippen molar-refractivity contribution in [3.63, 3.8) is 0 Å². The van der Waals surface area contributed by atoms with Crippen LogP contribution < -0.4 is 9.47 Å². The number of ether oxygens (including phenoxy) is 4. The van der Waals surface area contributed by atoms with Gasteiger partial charge < -0.3 is 29.2 Å². The number of methoxy groups -OCH3 is 2. The summed E-state index contributed by atoms with van der Waals surface area (Å²) in [6.07, 6.45) is 1.42. The summed E-state index contributed by atoms with van der Waals surface area (Å²) < 4.78 is 24.5. The fourth-order valence-corrected chi connectivity index (χ4v) is 8.39. The third-order valence-electron chi connectivity index (χ3n) is 12.1. The summed E-state index contributed by atoms with van der Waals surface area (Å²) in [5.41, 5.74) is 12.6. The molecule has 0 spiro atoms. The summed E-state index contributed by atoms with van der Waals surface area (Å²) in [6.45, 7) is 27.7. The minimum absolute atomic E-state index is 0.148. The van der Waals surface area contributed by atoms with E-state index in [4.69, 9.17) is 18.9 Å². The molecule has 1 aliphatic carbocycles. The van der Waals surface area contributed by atoms with Gasteiger partial charge in [-0.1, -0.05) is 132 Å². The van der Waals surface area contributed by atoms with Crippen molar-refractivity contribution in [2.24, 2.45) is 0 Å². The highest BCUT2D eigenvalue weighted by molar-refractivity contribution is 5.73. The molecule has 4 aromatic rings. The van der Waals surface area contributed by atoms with E-state index in [9.17, 15) is 19.8 Å². The fraction of sp³-hybridized carbons (Fsp3) is 0.519. The van der Waals surface area contributed by atoms with E-state index >= 15 is 0 Å². The average Bonchev–Trinajstić information content (AvgIpc) is 3.13. The molecule has 5 rings (SSSR count). The van der Waals surface area contributed by atoms with Crippen molar-refractivity contribution in [3.05, 3.63) is 126 Å². The van der Waals surface area contributed by atoms with Gasteiger partial charge in [-0.3, -0.25) is 9.59 Å². The van der Waals surface area contributed by atoms with Crippen LogP contribution in [0.25, 0.3) is 0 Å². The van der Waals surface area contributed by atoms with Gasteiger partial charge in [-0.25, -0.2) is 0 Å². The summed E-state index contributed by atoms with van der Waals surface area (Å²) in [5.74, 6) is -0.343. The SMILES string of the molecule is COCCOc1c2cc(C(C)(C)C)cc1Cc1cc(C(C)(C)C)cc(c1CC(=O)O)Cc1cc(C(C)(C)C)cc(c1OCCOC)Cc1cc(C(C)(C)C)cc(c1CC(=O)O)C2. The number of carbonyl (C=O) groups is 2. The fourth-order valence-electron chi connectivity index (χ4n) is 8.39. The van der Waals surface area contributed by atoms with Gasteiger partial charge in [0.05, 0.1) is 26.1 Å². The lowest BCUT2D eigenvalue weighted by Gasteiger charge is -2.29. The molecule has 0 aromatic heterocycles. The molecule has 0 aliphatic heterocycles. The number of hydrogen-bond donors (Lipinski definition) is 2. The molecule has 0 saturated heterocycles. The van der Waals surface area contributed by atoms with Crippen molar-refractivity contribution in [1.29, 1.82) is 0 Å². The van der Waals surface area contributed by atoms with Crippen LogP contribution in [0.2, 0.25) is 0 Å². The van der Waals surface area contributed by atoms with Crippen LogP contribution in [0.5, 0.6) is 11.5 Å². The van der Waals surface area contributed by atoms with Crippen LogP contribution in [0.4, 0.5) is 0 Å². The zero-order valence-electron chi connectivity index (χ0n) is 40.0.